The second-order valence-electron chi connectivity index (χ2n) is 6.26. The third kappa shape index (κ3) is 2.85. The highest BCUT2D eigenvalue weighted by Gasteiger charge is 2.41. The summed E-state index contributed by atoms with van der Waals surface area (Å²) in [5.74, 6) is 2.34. The molecule has 1 saturated heterocycles. The van der Waals surface area contributed by atoms with Crippen LogP contribution in [0, 0.1) is 17.8 Å². The Kier molecular flexibility index (Phi) is 4.48. The Labute approximate surface area is 107 Å². The molecule has 1 heterocycles. The lowest BCUT2D eigenvalue weighted by molar-refractivity contribution is 0.0468. The third-order valence-corrected chi connectivity index (χ3v) is 5.22. The first-order valence-electron chi connectivity index (χ1n) is 7.46. The lowest BCUT2D eigenvalue weighted by Gasteiger charge is -2.30. The molecule has 17 heavy (non-hydrogen) atoms. The van der Waals surface area contributed by atoms with Crippen LogP contribution in [0.5, 0.6) is 0 Å². The lowest BCUT2D eigenvalue weighted by Crippen LogP contribution is -2.41. The second-order valence-corrected chi connectivity index (χ2v) is 6.26. The Balaban J connectivity index is 1.96. The molecule has 0 spiro atoms. The van der Waals surface area contributed by atoms with Gasteiger partial charge >= 0.3 is 0 Å². The van der Waals surface area contributed by atoms with Gasteiger partial charge in [-0.05, 0) is 39.2 Å². The highest BCUT2D eigenvalue weighted by molar-refractivity contribution is 4.92. The molecule has 5 unspecified atom stereocenters. The van der Waals surface area contributed by atoms with E-state index in [0.717, 1.165) is 5.92 Å². The second kappa shape index (κ2) is 5.71. The van der Waals surface area contributed by atoms with Crippen LogP contribution in [0.4, 0.5) is 0 Å². The van der Waals surface area contributed by atoms with Crippen molar-refractivity contribution in [3.05, 3.63) is 0 Å². The van der Waals surface area contributed by atoms with Crippen molar-refractivity contribution in [1.29, 1.82) is 0 Å². The summed E-state index contributed by atoms with van der Waals surface area (Å²) in [7, 11) is 2.13. The molecule has 0 radical (unpaired) electrons. The predicted octanol–water partition coefficient (Wildman–Crippen LogP) is 3.21. The van der Waals surface area contributed by atoms with Crippen LogP contribution in [0.3, 0.4) is 0 Å². The molecule has 2 heteroatoms. The van der Waals surface area contributed by atoms with Crippen molar-refractivity contribution < 1.29 is 4.74 Å². The van der Waals surface area contributed by atoms with Gasteiger partial charge in [0, 0.05) is 12.0 Å². The van der Waals surface area contributed by atoms with Crippen molar-refractivity contribution in [1.82, 2.24) is 5.32 Å². The smallest absolute Gasteiger partial charge is 0.0597 e. The molecule has 2 rings (SSSR count). The van der Waals surface area contributed by atoms with Crippen molar-refractivity contribution in [3.63, 3.8) is 0 Å². The number of hydrogen-bond acceptors (Lipinski definition) is 2. The monoisotopic (exact) mass is 239 g/mol. The number of ether oxygens (including phenoxy) is 1. The maximum absolute atomic E-state index is 5.99. The predicted molar refractivity (Wildman–Crippen MR) is 72.1 cm³/mol. The fourth-order valence-electron chi connectivity index (χ4n) is 4.06. The zero-order valence-corrected chi connectivity index (χ0v) is 11.9. The molecular formula is C15H29NO. The molecule has 1 saturated carbocycles. The Morgan fingerprint density at radius 3 is 2.24 bits per heavy atom. The molecule has 0 aromatic heterocycles. The maximum Gasteiger partial charge on any atom is 0.0597 e. The molecule has 0 bridgehead atoms. The Morgan fingerprint density at radius 2 is 1.76 bits per heavy atom. The molecule has 2 fully saturated rings. The van der Waals surface area contributed by atoms with E-state index in [2.05, 4.69) is 33.1 Å². The van der Waals surface area contributed by atoms with Crippen LogP contribution in [-0.4, -0.2) is 25.3 Å². The zero-order chi connectivity index (χ0) is 12.4. The van der Waals surface area contributed by atoms with Gasteiger partial charge < -0.3 is 10.1 Å². The van der Waals surface area contributed by atoms with E-state index in [4.69, 9.17) is 4.74 Å². The summed E-state index contributed by atoms with van der Waals surface area (Å²) in [6, 6.07) is 0.646. The van der Waals surface area contributed by atoms with Gasteiger partial charge in [-0.1, -0.05) is 32.6 Å². The first-order chi connectivity index (χ1) is 8.13. The van der Waals surface area contributed by atoms with Crippen molar-refractivity contribution in [2.45, 2.75) is 71.1 Å². The van der Waals surface area contributed by atoms with E-state index in [1.54, 1.807) is 0 Å². The quantitative estimate of drug-likeness (QED) is 0.813. The van der Waals surface area contributed by atoms with E-state index in [1.807, 2.05) is 0 Å². The summed E-state index contributed by atoms with van der Waals surface area (Å²) in [5.41, 5.74) is 0. The molecule has 1 N–H and O–H groups in total. The fourth-order valence-corrected chi connectivity index (χ4v) is 4.06. The van der Waals surface area contributed by atoms with Crippen LogP contribution in [0.25, 0.3) is 0 Å². The van der Waals surface area contributed by atoms with Crippen molar-refractivity contribution in [3.8, 4) is 0 Å². The van der Waals surface area contributed by atoms with E-state index in [1.165, 1.54) is 32.1 Å². The highest BCUT2D eigenvalue weighted by Crippen LogP contribution is 2.38. The molecule has 0 amide bonds. The van der Waals surface area contributed by atoms with E-state index in [0.29, 0.717) is 30.1 Å². The van der Waals surface area contributed by atoms with Crippen LogP contribution >= 0.6 is 0 Å². The Bertz CT molecular complexity index is 237. The van der Waals surface area contributed by atoms with Gasteiger partial charge in [-0.15, -0.1) is 0 Å². The average Bonchev–Trinajstić information content (AvgIpc) is 2.87. The normalized spacial score (nSPS) is 40.9. The minimum Gasteiger partial charge on any atom is -0.375 e. The van der Waals surface area contributed by atoms with Gasteiger partial charge in [-0.3, -0.25) is 0 Å². The molecule has 1 aliphatic carbocycles. The van der Waals surface area contributed by atoms with E-state index in [-0.39, 0.29) is 0 Å². The van der Waals surface area contributed by atoms with Crippen molar-refractivity contribution in [2.24, 2.45) is 17.8 Å². The molecule has 5 atom stereocenters. The molecule has 1 aliphatic heterocycles. The van der Waals surface area contributed by atoms with E-state index < -0.39 is 0 Å². The average molecular weight is 239 g/mol. The third-order valence-electron chi connectivity index (χ3n) is 5.22. The van der Waals surface area contributed by atoms with Gasteiger partial charge in [0.05, 0.1) is 12.2 Å². The van der Waals surface area contributed by atoms with Crippen LogP contribution < -0.4 is 5.32 Å². The Morgan fingerprint density at radius 1 is 1.12 bits per heavy atom. The van der Waals surface area contributed by atoms with Gasteiger partial charge in [0.25, 0.3) is 0 Å². The number of nitrogens with one attached hydrogen (secondary N) is 1. The van der Waals surface area contributed by atoms with Gasteiger partial charge in [0.1, 0.15) is 0 Å². The van der Waals surface area contributed by atoms with Crippen LogP contribution in [0.1, 0.15) is 52.9 Å². The summed E-state index contributed by atoms with van der Waals surface area (Å²) in [6.07, 6.45) is 7.99. The number of rotatable bonds is 4. The molecular weight excluding hydrogens is 210 g/mol. The van der Waals surface area contributed by atoms with Gasteiger partial charge in [-0.25, -0.2) is 0 Å². The fraction of sp³-hybridized carbons (Fsp3) is 1.00. The lowest BCUT2D eigenvalue weighted by atomic mass is 9.79. The topological polar surface area (TPSA) is 21.3 Å². The van der Waals surface area contributed by atoms with Crippen molar-refractivity contribution >= 4 is 0 Å². The SMILES string of the molecule is CNC(CC1CCCC1)C1C(C)OC(C)C1C. The first kappa shape index (κ1) is 13.4. The van der Waals surface area contributed by atoms with Crippen LogP contribution in [0.2, 0.25) is 0 Å². The summed E-state index contributed by atoms with van der Waals surface area (Å²) in [5, 5.41) is 3.57. The molecule has 2 nitrogen and oxygen atoms in total. The summed E-state index contributed by atoms with van der Waals surface area (Å²) >= 11 is 0. The van der Waals surface area contributed by atoms with Gasteiger partial charge in [-0.2, -0.15) is 0 Å². The molecule has 0 aromatic carbocycles. The van der Waals surface area contributed by atoms with Gasteiger partial charge in [0.15, 0.2) is 0 Å². The van der Waals surface area contributed by atoms with E-state index in [9.17, 15) is 0 Å². The highest BCUT2D eigenvalue weighted by atomic mass is 16.5. The Hall–Kier alpha value is -0.0800. The minimum atomic E-state index is 0.416. The number of hydrogen-bond donors (Lipinski definition) is 1. The summed E-state index contributed by atoms with van der Waals surface area (Å²) in [6.45, 7) is 6.84. The van der Waals surface area contributed by atoms with Crippen LogP contribution in [0.15, 0.2) is 0 Å². The summed E-state index contributed by atoms with van der Waals surface area (Å²) < 4.78 is 5.99. The first-order valence-corrected chi connectivity index (χ1v) is 7.46. The largest absolute Gasteiger partial charge is 0.375 e. The molecule has 100 valence electrons. The van der Waals surface area contributed by atoms with E-state index >= 15 is 0 Å². The zero-order valence-electron chi connectivity index (χ0n) is 11.9. The summed E-state index contributed by atoms with van der Waals surface area (Å²) in [4.78, 5) is 0. The minimum absolute atomic E-state index is 0.416. The molecule has 0 aromatic rings. The molecule has 2 aliphatic rings. The standard InChI is InChI=1S/C15H29NO/c1-10-11(2)17-12(3)15(10)14(16-4)9-13-7-5-6-8-13/h10-16H,5-9H2,1-4H3. The van der Waals surface area contributed by atoms with Gasteiger partial charge in [0.2, 0.25) is 0 Å². The van der Waals surface area contributed by atoms with Crippen molar-refractivity contribution in [2.75, 3.05) is 7.05 Å². The maximum atomic E-state index is 5.99. The van der Waals surface area contributed by atoms with Crippen LogP contribution in [-0.2, 0) is 4.74 Å².